The van der Waals surface area contributed by atoms with Gasteiger partial charge in [-0.1, -0.05) is 25.8 Å². The van der Waals surface area contributed by atoms with Crippen LogP contribution in [0.2, 0.25) is 0 Å². The third-order valence-electron chi connectivity index (χ3n) is 5.14. The summed E-state index contributed by atoms with van der Waals surface area (Å²) in [4.78, 5) is 9.03. The third kappa shape index (κ3) is 6.48. The summed E-state index contributed by atoms with van der Waals surface area (Å²) in [5.41, 5.74) is 1.51. The van der Waals surface area contributed by atoms with Crippen molar-refractivity contribution in [3.63, 3.8) is 0 Å². The molecule has 0 radical (unpaired) electrons. The standard InChI is InChI=1S/C20H34N4O2/c1-4-20(10-6-7-11-20)16-24-19(21-5-2)23-15-17-8-9-18(22-14-17)26-13-12-25-3/h8-9,14H,4-7,10-13,15-16H2,1-3H3,(H2,21,23,24). The summed E-state index contributed by atoms with van der Waals surface area (Å²) in [5.74, 6) is 1.50. The molecular weight excluding hydrogens is 328 g/mol. The van der Waals surface area contributed by atoms with Gasteiger partial charge in [0.2, 0.25) is 5.88 Å². The van der Waals surface area contributed by atoms with Crippen molar-refractivity contribution in [2.75, 3.05) is 33.4 Å². The van der Waals surface area contributed by atoms with Crippen molar-refractivity contribution in [2.45, 2.75) is 52.5 Å². The number of nitrogens with zero attached hydrogens (tertiary/aromatic N) is 2. The number of aliphatic imine (C=N–C) groups is 1. The van der Waals surface area contributed by atoms with Crippen LogP contribution >= 0.6 is 0 Å². The summed E-state index contributed by atoms with van der Waals surface area (Å²) in [6.07, 6.45) is 8.41. The smallest absolute Gasteiger partial charge is 0.213 e. The van der Waals surface area contributed by atoms with Crippen molar-refractivity contribution >= 4 is 5.96 Å². The van der Waals surface area contributed by atoms with Gasteiger partial charge in [-0.15, -0.1) is 0 Å². The first-order chi connectivity index (χ1) is 12.7. The maximum Gasteiger partial charge on any atom is 0.213 e. The maximum absolute atomic E-state index is 5.49. The second kappa shape index (κ2) is 11.0. The lowest BCUT2D eigenvalue weighted by Gasteiger charge is -2.28. The van der Waals surface area contributed by atoms with E-state index in [9.17, 15) is 0 Å². The molecule has 1 fully saturated rings. The Balaban J connectivity index is 1.87. The fourth-order valence-corrected chi connectivity index (χ4v) is 3.38. The molecule has 146 valence electrons. The normalized spacial score (nSPS) is 16.5. The number of hydrogen-bond donors (Lipinski definition) is 2. The number of guanidine groups is 1. The molecule has 6 heteroatoms. The van der Waals surface area contributed by atoms with Gasteiger partial charge >= 0.3 is 0 Å². The lowest BCUT2D eigenvalue weighted by Crippen LogP contribution is -2.42. The number of methoxy groups -OCH3 is 1. The summed E-state index contributed by atoms with van der Waals surface area (Å²) in [5, 5.41) is 6.89. The van der Waals surface area contributed by atoms with Gasteiger partial charge in [-0.2, -0.15) is 0 Å². The van der Waals surface area contributed by atoms with Crippen LogP contribution in [0, 0.1) is 5.41 Å². The van der Waals surface area contributed by atoms with Gasteiger partial charge in [0.25, 0.3) is 0 Å². The first-order valence-corrected chi connectivity index (χ1v) is 9.80. The number of rotatable bonds is 10. The van der Waals surface area contributed by atoms with E-state index in [-0.39, 0.29) is 0 Å². The zero-order valence-electron chi connectivity index (χ0n) is 16.5. The zero-order valence-corrected chi connectivity index (χ0v) is 16.5. The molecule has 0 saturated heterocycles. The lowest BCUT2D eigenvalue weighted by molar-refractivity contribution is 0.143. The van der Waals surface area contributed by atoms with Crippen LogP contribution in [0.25, 0.3) is 0 Å². The quantitative estimate of drug-likeness (QED) is 0.380. The predicted octanol–water partition coefficient (Wildman–Crippen LogP) is 3.13. The van der Waals surface area contributed by atoms with Crippen LogP contribution < -0.4 is 15.4 Å². The van der Waals surface area contributed by atoms with Crippen molar-refractivity contribution in [1.82, 2.24) is 15.6 Å². The Morgan fingerprint density at radius 1 is 1.19 bits per heavy atom. The predicted molar refractivity (Wildman–Crippen MR) is 106 cm³/mol. The van der Waals surface area contributed by atoms with E-state index in [0.29, 0.717) is 31.1 Å². The van der Waals surface area contributed by atoms with Crippen LogP contribution in [0.15, 0.2) is 23.3 Å². The van der Waals surface area contributed by atoms with Crippen LogP contribution in [0.5, 0.6) is 5.88 Å². The van der Waals surface area contributed by atoms with E-state index in [1.54, 1.807) is 7.11 Å². The highest BCUT2D eigenvalue weighted by molar-refractivity contribution is 5.79. The number of aromatic nitrogens is 1. The minimum atomic E-state index is 0.443. The molecule has 1 aliphatic carbocycles. The molecule has 0 bridgehead atoms. The number of pyridine rings is 1. The van der Waals surface area contributed by atoms with E-state index in [4.69, 9.17) is 14.5 Å². The molecule has 1 heterocycles. The van der Waals surface area contributed by atoms with E-state index in [2.05, 4.69) is 29.5 Å². The molecule has 1 aromatic heterocycles. The van der Waals surface area contributed by atoms with Gasteiger partial charge in [-0.05, 0) is 37.2 Å². The van der Waals surface area contributed by atoms with Gasteiger partial charge in [0, 0.05) is 32.5 Å². The highest BCUT2D eigenvalue weighted by atomic mass is 16.5. The molecule has 0 atom stereocenters. The molecule has 0 unspecified atom stereocenters. The SMILES string of the molecule is CCNC(=NCc1ccc(OCCOC)nc1)NCC1(CC)CCCC1. The molecular formula is C20H34N4O2. The van der Waals surface area contributed by atoms with Gasteiger partial charge in [0.05, 0.1) is 13.2 Å². The van der Waals surface area contributed by atoms with Crippen LogP contribution in [0.3, 0.4) is 0 Å². The van der Waals surface area contributed by atoms with E-state index >= 15 is 0 Å². The first-order valence-electron chi connectivity index (χ1n) is 9.80. The molecule has 1 saturated carbocycles. The number of nitrogens with one attached hydrogen (secondary N) is 2. The molecule has 0 amide bonds. The summed E-state index contributed by atoms with van der Waals surface area (Å²) in [6.45, 7) is 7.92. The van der Waals surface area contributed by atoms with Gasteiger partial charge in [0.1, 0.15) is 6.61 Å². The lowest BCUT2D eigenvalue weighted by atomic mass is 9.83. The molecule has 0 spiro atoms. The third-order valence-corrected chi connectivity index (χ3v) is 5.14. The van der Waals surface area contributed by atoms with Crippen LogP contribution in [-0.4, -0.2) is 44.4 Å². The van der Waals surface area contributed by atoms with Gasteiger partial charge < -0.3 is 20.1 Å². The maximum atomic E-state index is 5.49. The Bertz CT molecular complexity index is 539. The molecule has 6 nitrogen and oxygen atoms in total. The molecule has 26 heavy (non-hydrogen) atoms. The highest BCUT2D eigenvalue weighted by Crippen LogP contribution is 2.40. The van der Waals surface area contributed by atoms with Gasteiger partial charge in [0.15, 0.2) is 5.96 Å². The highest BCUT2D eigenvalue weighted by Gasteiger charge is 2.31. The van der Waals surface area contributed by atoms with E-state index in [0.717, 1.165) is 24.6 Å². The first kappa shape index (κ1) is 20.5. The Hall–Kier alpha value is -1.82. The van der Waals surface area contributed by atoms with Crippen molar-refractivity contribution in [2.24, 2.45) is 10.4 Å². The molecule has 1 aliphatic rings. The van der Waals surface area contributed by atoms with Crippen molar-refractivity contribution in [3.05, 3.63) is 23.9 Å². The molecule has 1 aromatic rings. The average molecular weight is 363 g/mol. The van der Waals surface area contributed by atoms with Crippen molar-refractivity contribution < 1.29 is 9.47 Å². The number of hydrogen-bond acceptors (Lipinski definition) is 4. The Kier molecular flexibility index (Phi) is 8.68. The Morgan fingerprint density at radius 2 is 2.00 bits per heavy atom. The van der Waals surface area contributed by atoms with Gasteiger partial charge in [-0.25, -0.2) is 9.98 Å². The summed E-state index contributed by atoms with van der Waals surface area (Å²) in [6, 6.07) is 3.89. The molecule has 0 aromatic carbocycles. The minimum Gasteiger partial charge on any atom is -0.475 e. The number of ether oxygens (including phenoxy) is 2. The van der Waals surface area contributed by atoms with Crippen LogP contribution in [0.4, 0.5) is 0 Å². The molecule has 2 N–H and O–H groups in total. The van der Waals surface area contributed by atoms with Crippen LogP contribution in [-0.2, 0) is 11.3 Å². The minimum absolute atomic E-state index is 0.443. The second-order valence-corrected chi connectivity index (χ2v) is 6.96. The van der Waals surface area contributed by atoms with Gasteiger partial charge in [-0.3, -0.25) is 0 Å². The van der Waals surface area contributed by atoms with Crippen molar-refractivity contribution in [1.29, 1.82) is 0 Å². The topological polar surface area (TPSA) is 67.8 Å². The fraction of sp³-hybridized carbons (Fsp3) is 0.700. The fourth-order valence-electron chi connectivity index (χ4n) is 3.38. The van der Waals surface area contributed by atoms with E-state index in [1.807, 2.05) is 18.3 Å². The Labute approximate surface area is 157 Å². The largest absolute Gasteiger partial charge is 0.475 e. The van der Waals surface area contributed by atoms with Crippen LogP contribution in [0.1, 0.15) is 51.5 Å². The average Bonchev–Trinajstić information content (AvgIpc) is 3.15. The monoisotopic (exact) mass is 362 g/mol. The Morgan fingerprint density at radius 3 is 2.62 bits per heavy atom. The van der Waals surface area contributed by atoms with E-state index in [1.165, 1.54) is 32.1 Å². The molecule has 0 aliphatic heterocycles. The zero-order chi connectivity index (χ0) is 18.7. The molecule has 2 rings (SSSR count). The van der Waals surface area contributed by atoms with E-state index < -0.39 is 0 Å². The second-order valence-electron chi connectivity index (χ2n) is 6.96. The van der Waals surface area contributed by atoms with Crippen molar-refractivity contribution in [3.8, 4) is 5.88 Å². The summed E-state index contributed by atoms with van der Waals surface area (Å²) < 4.78 is 10.5. The summed E-state index contributed by atoms with van der Waals surface area (Å²) >= 11 is 0. The summed E-state index contributed by atoms with van der Waals surface area (Å²) in [7, 11) is 1.66.